The zero-order valence-electron chi connectivity index (χ0n) is 16.0. The molecule has 0 aliphatic carbocycles. The highest BCUT2D eigenvalue weighted by Gasteiger charge is 2.30. The molecule has 0 saturated carbocycles. The van der Waals surface area contributed by atoms with Gasteiger partial charge in [-0.05, 0) is 36.8 Å². The molecule has 9 nitrogen and oxygen atoms in total. The summed E-state index contributed by atoms with van der Waals surface area (Å²) in [5.74, 6) is 0.699. The Morgan fingerprint density at radius 2 is 2.03 bits per heavy atom. The lowest BCUT2D eigenvalue weighted by atomic mass is 10.1. The first-order valence-electron chi connectivity index (χ1n) is 8.88. The Morgan fingerprint density at radius 1 is 1.23 bits per heavy atom. The van der Waals surface area contributed by atoms with Crippen LogP contribution in [0.15, 0.2) is 45.8 Å². The Morgan fingerprint density at radius 3 is 2.73 bits per heavy atom. The first-order valence-corrected chi connectivity index (χ1v) is 10.7. The number of anilines is 2. The average molecular weight is 449 g/mol. The summed E-state index contributed by atoms with van der Waals surface area (Å²) in [5, 5.41) is 4.22. The molecule has 0 spiro atoms. The Balaban J connectivity index is 1.69. The maximum Gasteiger partial charge on any atom is 0.265 e. The zero-order valence-corrected chi connectivity index (χ0v) is 17.6. The molecule has 156 valence electrons. The van der Waals surface area contributed by atoms with Gasteiger partial charge in [-0.25, -0.2) is 8.42 Å². The summed E-state index contributed by atoms with van der Waals surface area (Å²) in [5.41, 5.74) is 1.22. The van der Waals surface area contributed by atoms with E-state index in [9.17, 15) is 13.2 Å². The number of carbonyl (C=O) groups excluding carboxylic acids is 1. The van der Waals surface area contributed by atoms with Gasteiger partial charge in [0.1, 0.15) is 5.75 Å². The highest BCUT2D eigenvalue weighted by molar-refractivity contribution is 7.92. The van der Waals surface area contributed by atoms with Crippen LogP contribution in [0.3, 0.4) is 0 Å². The van der Waals surface area contributed by atoms with Crippen molar-refractivity contribution in [2.75, 3.05) is 16.2 Å². The quantitative estimate of drug-likeness (QED) is 0.637. The first-order chi connectivity index (χ1) is 14.2. The maximum atomic E-state index is 12.9. The van der Waals surface area contributed by atoms with Crippen LogP contribution in [0.2, 0.25) is 5.02 Å². The molecule has 0 unspecified atom stereocenters. The summed E-state index contributed by atoms with van der Waals surface area (Å²) in [6, 6.07) is 9.39. The van der Waals surface area contributed by atoms with Gasteiger partial charge in [0.05, 0.1) is 22.8 Å². The Hall–Kier alpha value is -3.11. The number of hydrogen-bond donors (Lipinski definition) is 1. The van der Waals surface area contributed by atoms with Crippen molar-refractivity contribution in [3.05, 3.63) is 58.7 Å². The molecule has 2 heterocycles. The summed E-state index contributed by atoms with van der Waals surface area (Å²) in [4.78, 5) is 18.0. The van der Waals surface area contributed by atoms with E-state index in [0.717, 1.165) is 0 Å². The largest absolute Gasteiger partial charge is 0.482 e. The average Bonchev–Trinajstić information content (AvgIpc) is 3.08. The van der Waals surface area contributed by atoms with Crippen LogP contribution < -0.4 is 14.4 Å². The third kappa shape index (κ3) is 3.96. The van der Waals surface area contributed by atoms with Crippen molar-refractivity contribution >= 4 is 38.9 Å². The number of benzene rings is 2. The molecule has 30 heavy (non-hydrogen) atoms. The Kier molecular flexibility index (Phi) is 5.12. The lowest BCUT2D eigenvalue weighted by molar-refractivity contribution is -0.121. The topological polar surface area (TPSA) is 115 Å². The van der Waals surface area contributed by atoms with Crippen LogP contribution in [0.1, 0.15) is 17.3 Å². The van der Waals surface area contributed by atoms with Crippen LogP contribution in [0.4, 0.5) is 11.4 Å². The van der Waals surface area contributed by atoms with E-state index in [1.54, 1.807) is 38.1 Å². The number of hydrogen-bond acceptors (Lipinski definition) is 7. The van der Waals surface area contributed by atoms with Gasteiger partial charge in [-0.3, -0.25) is 14.4 Å². The summed E-state index contributed by atoms with van der Waals surface area (Å²) >= 11 is 5.93. The van der Waals surface area contributed by atoms with Crippen molar-refractivity contribution in [1.82, 2.24) is 10.1 Å². The molecule has 0 radical (unpaired) electrons. The number of amides is 1. The van der Waals surface area contributed by atoms with Crippen LogP contribution >= 0.6 is 11.6 Å². The van der Waals surface area contributed by atoms with Crippen molar-refractivity contribution in [3.8, 4) is 5.75 Å². The number of halogens is 1. The molecule has 11 heteroatoms. The standard InChI is InChI=1S/C19H17ClN4O5S/c1-11-6-15-16(28-10-19(25)24(15)9-18-21-12(2)29-22-18)8-17(11)30(26,27)23-14-5-3-4-13(20)7-14/h3-8,23H,9-10H2,1-2H3. The number of carbonyl (C=O) groups is 1. The highest BCUT2D eigenvalue weighted by Crippen LogP contribution is 2.37. The van der Waals surface area contributed by atoms with Crippen LogP contribution in [0.5, 0.6) is 5.75 Å². The van der Waals surface area contributed by atoms with Crippen LogP contribution in [-0.2, 0) is 21.4 Å². The number of aryl methyl sites for hydroxylation is 2. The van der Waals surface area contributed by atoms with Crippen LogP contribution in [0.25, 0.3) is 0 Å². The van der Waals surface area contributed by atoms with Gasteiger partial charge >= 0.3 is 0 Å². The van der Waals surface area contributed by atoms with E-state index in [0.29, 0.717) is 33.7 Å². The molecular weight excluding hydrogens is 432 g/mol. The molecule has 0 atom stereocenters. The van der Waals surface area contributed by atoms with Crippen LogP contribution in [0, 0.1) is 13.8 Å². The number of fused-ring (bicyclic) bond motifs is 1. The fourth-order valence-corrected chi connectivity index (χ4v) is 4.59. The molecule has 1 amide bonds. The molecule has 1 aliphatic rings. The van der Waals surface area contributed by atoms with Gasteiger partial charge < -0.3 is 9.26 Å². The summed E-state index contributed by atoms with van der Waals surface area (Å²) < 4.78 is 38.8. The minimum Gasteiger partial charge on any atom is -0.482 e. The van der Waals surface area contributed by atoms with Crippen molar-refractivity contribution < 1.29 is 22.5 Å². The van der Waals surface area contributed by atoms with Gasteiger partial charge in [0.2, 0.25) is 5.89 Å². The van der Waals surface area contributed by atoms with E-state index >= 15 is 0 Å². The maximum absolute atomic E-state index is 12.9. The lowest BCUT2D eigenvalue weighted by Crippen LogP contribution is -2.38. The van der Waals surface area contributed by atoms with Gasteiger partial charge in [0.25, 0.3) is 15.9 Å². The normalized spacial score (nSPS) is 13.7. The second kappa shape index (κ2) is 7.62. The molecule has 0 saturated heterocycles. The second-order valence-electron chi connectivity index (χ2n) is 6.70. The van der Waals surface area contributed by atoms with Gasteiger partial charge in [-0.2, -0.15) is 4.98 Å². The zero-order chi connectivity index (χ0) is 21.5. The Bertz CT molecular complexity index is 1240. The molecule has 1 aromatic heterocycles. The van der Waals surface area contributed by atoms with Gasteiger partial charge in [-0.1, -0.05) is 22.8 Å². The van der Waals surface area contributed by atoms with Gasteiger partial charge in [0, 0.05) is 18.0 Å². The monoisotopic (exact) mass is 448 g/mol. The lowest BCUT2D eigenvalue weighted by Gasteiger charge is -2.29. The molecule has 1 aliphatic heterocycles. The molecule has 1 N–H and O–H groups in total. The highest BCUT2D eigenvalue weighted by atomic mass is 35.5. The number of nitrogens with one attached hydrogen (secondary N) is 1. The predicted molar refractivity (Wildman–Crippen MR) is 109 cm³/mol. The number of rotatable bonds is 5. The molecular formula is C19H17ClN4O5S. The second-order valence-corrected chi connectivity index (χ2v) is 8.79. The van der Waals surface area contributed by atoms with Crippen molar-refractivity contribution in [3.63, 3.8) is 0 Å². The van der Waals surface area contributed by atoms with Crippen LogP contribution in [-0.4, -0.2) is 31.1 Å². The van der Waals surface area contributed by atoms with E-state index in [4.69, 9.17) is 20.9 Å². The SMILES string of the molecule is Cc1nc(CN2C(=O)COc3cc(S(=O)(=O)Nc4cccc(Cl)c4)c(C)cc32)no1. The van der Waals surface area contributed by atoms with Gasteiger partial charge in [0.15, 0.2) is 12.4 Å². The summed E-state index contributed by atoms with van der Waals surface area (Å²) in [6.45, 7) is 3.15. The molecule has 3 aromatic rings. The third-order valence-electron chi connectivity index (χ3n) is 4.44. The van der Waals surface area contributed by atoms with E-state index in [1.807, 2.05) is 0 Å². The number of nitrogens with zero attached hydrogens (tertiary/aromatic N) is 3. The molecule has 0 fully saturated rings. The van der Waals surface area contributed by atoms with Gasteiger partial charge in [-0.15, -0.1) is 0 Å². The summed E-state index contributed by atoms with van der Waals surface area (Å²) in [7, 11) is -3.91. The van der Waals surface area contributed by atoms with Crippen molar-refractivity contribution in [2.45, 2.75) is 25.3 Å². The first kappa shape index (κ1) is 20.2. The van der Waals surface area contributed by atoms with E-state index in [-0.39, 0.29) is 29.7 Å². The predicted octanol–water partition coefficient (Wildman–Crippen LogP) is 3.07. The molecule has 0 bridgehead atoms. The number of aromatic nitrogens is 2. The molecule has 2 aromatic carbocycles. The van der Waals surface area contributed by atoms with Crippen molar-refractivity contribution in [2.24, 2.45) is 0 Å². The van der Waals surface area contributed by atoms with E-state index in [2.05, 4.69) is 14.9 Å². The van der Waals surface area contributed by atoms with E-state index in [1.165, 1.54) is 17.0 Å². The number of ether oxygens (including phenoxy) is 1. The minimum atomic E-state index is -3.91. The third-order valence-corrected chi connectivity index (χ3v) is 6.19. The molecule has 4 rings (SSSR count). The Labute approximate surface area is 177 Å². The fraction of sp³-hybridized carbons (Fsp3) is 0.211. The van der Waals surface area contributed by atoms with E-state index < -0.39 is 10.0 Å². The summed E-state index contributed by atoms with van der Waals surface area (Å²) in [6.07, 6.45) is 0. The fourth-order valence-electron chi connectivity index (χ4n) is 3.10. The number of sulfonamides is 1. The smallest absolute Gasteiger partial charge is 0.265 e. The minimum absolute atomic E-state index is 0.0333. The van der Waals surface area contributed by atoms with Crippen molar-refractivity contribution in [1.29, 1.82) is 0 Å².